The molecule has 27 heavy (non-hydrogen) atoms. The molecule has 0 atom stereocenters. The molecule has 0 spiro atoms. The number of anilines is 1. The van der Waals surface area contributed by atoms with Gasteiger partial charge in [-0.15, -0.1) is 0 Å². The van der Waals surface area contributed by atoms with Crippen molar-refractivity contribution in [2.45, 2.75) is 12.8 Å². The van der Waals surface area contributed by atoms with E-state index >= 15 is 0 Å². The molecule has 0 aliphatic rings. The van der Waals surface area contributed by atoms with Gasteiger partial charge in [0.25, 0.3) is 0 Å². The van der Waals surface area contributed by atoms with Crippen LogP contribution in [-0.2, 0) is 11.2 Å². The molecule has 1 amide bonds. The van der Waals surface area contributed by atoms with Gasteiger partial charge in [-0.1, -0.05) is 47.7 Å². The largest absolute Gasteiger partial charge is 0.494 e. The number of rotatable bonds is 8. The number of hydrogen-bond acceptors (Lipinski definition) is 5. The van der Waals surface area contributed by atoms with Gasteiger partial charge in [0, 0.05) is 6.54 Å². The summed E-state index contributed by atoms with van der Waals surface area (Å²) in [7, 11) is 5.72. The number of thiazole rings is 1. The summed E-state index contributed by atoms with van der Waals surface area (Å²) in [6, 6.07) is 15.7. The molecule has 5 nitrogen and oxygen atoms in total. The third-order valence-electron chi connectivity index (χ3n) is 4.31. The molecule has 6 heteroatoms. The minimum atomic E-state index is 0.0676. The van der Waals surface area contributed by atoms with Gasteiger partial charge in [0.1, 0.15) is 11.3 Å². The highest BCUT2D eigenvalue weighted by Gasteiger charge is 2.21. The molecule has 0 radical (unpaired) electrons. The van der Waals surface area contributed by atoms with E-state index in [2.05, 4.69) is 4.90 Å². The van der Waals surface area contributed by atoms with Crippen molar-refractivity contribution in [1.82, 2.24) is 9.88 Å². The van der Waals surface area contributed by atoms with Crippen LogP contribution in [0.25, 0.3) is 10.2 Å². The number of ether oxygens (including phenoxy) is 1. The molecule has 0 bridgehead atoms. The first-order chi connectivity index (χ1) is 13.1. The Labute approximate surface area is 164 Å². The van der Waals surface area contributed by atoms with Crippen LogP contribution in [0.2, 0.25) is 0 Å². The maximum atomic E-state index is 13.1. The molecular weight excluding hydrogens is 358 g/mol. The smallest absolute Gasteiger partial charge is 0.233 e. The lowest BCUT2D eigenvalue weighted by Gasteiger charge is -2.21. The fraction of sp³-hybridized carbons (Fsp3) is 0.333. The topological polar surface area (TPSA) is 45.7 Å². The van der Waals surface area contributed by atoms with Gasteiger partial charge in [-0.05, 0) is 44.8 Å². The second-order valence-corrected chi connectivity index (χ2v) is 7.68. The molecule has 142 valence electrons. The van der Waals surface area contributed by atoms with E-state index in [1.54, 1.807) is 7.11 Å². The number of aromatic nitrogens is 1. The van der Waals surface area contributed by atoms with Gasteiger partial charge in [-0.2, -0.15) is 0 Å². The minimum absolute atomic E-state index is 0.0676. The summed E-state index contributed by atoms with van der Waals surface area (Å²) in [4.78, 5) is 21.7. The van der Waals surface area contributed by atoms with Gasteiger partial charge < -0.3 is 9.64 Å². The summed E-state index contributed by atoms with van der Waals surface area (Å²) in [5.74, 6) is 0.803. The number of benzene rings is 2. The third-order valence-corrected chi connectivity index (χ3v) is 5.35. The Kier molecular flexibility index (Phi) is 6.42. The Bertz CT molecular complexity index is 893. The summed E-state index contributed by atoms with van der Waals surface area (Å²) in [6.07, 6.45) is 1.26. The molecule has 0 saturated carbocycles. The van der Waals surface area contributed by atoms with Gasteiger partial charge >= 0.3 is 0 Å². The lowest BCUT2D eigenvalue weighted by atomic mass is 10.1. The van der Waals surface area contributed by atoms with Crippen molar-refractivity contribution in [1.29, 1.82) is 0 Å². The van der Waals surface area contributed by atoms with E-state index < -0.39 is 0 Å². The molecule has 2 aromatic carbocycles. The van der Waals surface area contributed by atoms with Crippen molar-refractivity contribution in [3.05, 3.63) is 54.1 Å². The van der Waals surface area contributed by atoms with E-state index in [4.69, 9.17) is 9.72 Å². The van der Waals surface area contributed by atoms with Crippen LogP contribution in [0.4, 0.5) is 5.13 Å². The number of nitrogens with zero attached hydrogens (tertiary/aromatic N) is 3. The first-order valence-corrected chi connectivity index (χ1v) is 9.82. The molecule has 3 aromatic rings. The number of methoxy groups -OCH3 is 1. The van der Waals surface area contributed by atoms with Crippen LogP contribution in [0.3, 0.4) is 0 Å². The Morgan fingerprint density at radius 3 is 2.56 bits per heavy atom. The third kappa shape index (κ3) is 4.84. The maximum Gasteiger partial charge on any atom is 0.233 e. The second-order valence-electron chi connectivity index (χ2n) is 6.67. The van der Waals surface area contributed by atoms with Crippen LogP contribution in [0.15, 0.2) is 48.5 Å². The molecule has 0 aliphatic carbocycles. The Balaban J connectivity index is 1.88. The van der Waals surface area contributed by atoms with Crippen LogP contribution in [0.1, 0.15) is 12.0 Å². The average Bonchev–Trinajstić information content (AvgIpc) is 3.09. The molecule has 0 saturated heterocycles. The van der Waals surface area contributed by atoms with E-state index in [1.807, 2.05) is 67.5 Å². The fourth-order valence-corrected chi connectivity index (χ4v) is 3.96. The van der Waals surface area contributed by atoms with Gasteiger partial charge in [-0.3, -0.25) is 9.69 Å². The summed E-state index contributed by atoms with van der Waals surface area (Å²) in [5.41, 5.74) is 1.82. The van der Waals surface area contributed by atoms with Crippen LogP contribution in [0.5, 0.6) is 5.75 Å². The number of fused-ring (bicyclic) bond motifs is 1. The molecule has 1 heterocycles. The van der Waals surface area contributed by atoms with Crippen molar-refractivity contribution in [3.63, 3.8) is 0 Å². The highest BCUT2D eigenvalue weighted by atomic mass is 32.1. The second kappa shape index (κ2) is 8.97. The quantitative estimate of drug-likeness (QED) is 0.593. The zero-order valence-corrected chi connectivity index (χ0v) is 16.8. The minimum Gasteiger partial charge on any atom is -0.494 e. The normalized spacial score (nSPS) is 11.1. The van der Waals surface area contributed by atoms with Gasteiger partial charge in [0.15, 0.2) is 5.13 Å². The highest BCUT2D eigenvalue weighted by molar-refractivity contribution is 7.22. The van der Waals surface area contributed by atoms with Crippen molar-refractivity contribution in [3.8, 4) is 5.75 Å². The number of hydrogen-bond donors (Lipinski definition) is 0. The standard InChI is InChI=1S/C21H25N3O2S/c1-23(2)13-8-14-24(19(25)15-16-9-5-4-6-10-16)21-22-20-17(26-3)11-7-12-18(20)27-21/h4-7,9-12H,8,13-15H2,1-3H3. The molecule has 1 aromatic heterocycles. The predicted molar refractivity (Wildman–Crippen MR) is 112 cm³/mol. The lowest BCUT2D eigenvalue weighted by Crippen LogP contribution is -2.34. The first-order valence-electron chi connectivity index (χ1n) is 9.01. The summed E-state index contributed by atoms with van der Waals surface area (Å²) in [6.45, 7) is 1.56. The van der Waals surface area contributed by atoms with Crippen molar-refractivity contribution in [2.24, 2.45) is 0 Å². The van der Waals surface area contributed by atoms with Crippen LogP contribution >= 0.6 is 11.3 Å². The average molecular weight is 384 g/mol. The van der Waals surface area contributed by atoms with Gasteiger partial charge in [0.05, 0.1) is 18.2 Å². The van der Waals surface area contributed by atoms with Crippen LogP contribution in [-0.4, -0.2) is 50.1 Å². The molecule has 3 rings (SSSR count). The highest BCUT2D eigenvalue weighted by Crippen LogP contribution is 2.34. The Morgan fingerprint density at radius 2 is 1.85 bits per heavy atom. The van der Waals surface area contributed by atoms with Gasteiger partial charge in [0.2, 0.25) is 5.91 Å². The molecule has 0 unspecified atom stereocenters. The molecule has 0 N–H and O–H groups in total. The summed E-state index contributed by atoms with van der Waals surface area (Å²) in [5, 5.41) is 0.731. The summed E-state index contributed by atoms with van der Waals surface area (Å²) < 4.78 is 6.45. The number of carbonyl (C=O) groups excluding carboxylic acids is 1. The van der Waals surface area contributed by atoms with Crippen molar-refractivity contribution >= 4 is 32.6 Å². The molecule has 0 aliphatic heterocycles. The monoisotopic (exact) mass is 383 g/mol. The number of para-hydroxylation sites is 1. The zero-order chi connectivity index (χ0) is 19.2. The predicted octanol–water partition coefficient (Wildman–Crippen LogP) is 3.83. The van der Waals surface area contributed by atoms with Crippen LogP contribution < -0.4 is 9.64 Å². The molecule has 0 fully saturated rings. The fourth-order valence-electron chi connectivity index (χ4n) is 2.93. The summed E-state index contributed by atoms with van der Waals surface area (Å²) >= 11 is 1.53. The lowest BCUT2D eigenvalue weighted by molar-refractivity contribution is -0.118. The van der Waals surface area contributed by atoms with Crippen molar-refractivity contribution in [2.75, 3.05) is 39.2 Å². The number of carbonyl (C=O) groups is 1. The molecular formula is C21H25N3O2S. The zero-order valence-electron chi connectivity index (χ0n) is 16.0. The van der Waals surface area contributed by atoms with Crippen LogP contribution in [0, 0.1) is 0 Å². The van der Waals surface area contributed by atoms with E-state index in [9.17, 15) is 4.79 Å². The SMILES string of the molecule is COc1cccc2sc(N(CCCN(C)C)C(=O)Cc3ccccc3)nc12. The number of amides is 1. The Morgan fingerprint density at radius 1 is 1.07 bits per heavy atom. The van der Waals surface area contributed by atoms with Gasteiger partial charge in [-0.25, -0.2) is 4.98 Å². The van der Waals surface area contributed by atoms with E-state index in [1.165, 1.54) is 11.3 Å². The maximum absolute atomic E-state index is 13.1. The Hall–Kier alpha value is -2.44. The van der Waals surface area contributed by atoms with E-state index in [0.29, 0.717) is 13.0 Å². The first kappa shape index (κ1) is 19.3. The van der Waals surface area contributed by atoms with E-state index in [0.717, 1.165) is 39.6 Å². The van der Waals surface area contributed by atoms with Crippen molar-refractivity contribution < 1.29 is 9.53 Å². The van der Waals surface area contributed by atoms with E-state index in [-0.39, 0.29) is 5.91 Å².